The largest absolute Gasteiger partial charge is 0.497 e. The Hall–Kier alpha value is -4.59. The number of hydrogen-bond acceptors (Lipinski definition) is 7. The van der Waals surface area contributed by atoms with Crippen LogP contribution < -0.4 is 15.2 Å². The average molecular weight is 537 g/mol. The number of carbonyl (C=O) groups is 1. The molecule has 8 nitrogen and oxygen atoms in total. The first-order valence-electron chi connectivity index (χ1n) is 13.6. The number of nitrogens with zero attached hydrogens (tertiary/aromatic N) is 3. The number of rotatable bonds is 9. The highest BCUT2D eigenvalue weighted by molar-refractivity contribution is 5.95. The number of fused-ring (bicyclic) bond motifs is 2. The lowest BCUT2D eigenvalue weighted by Crippen LogP contribution is -2.21. The second-order valence-corrected chi connectivity index (χ2v) is 10.1. The fourth-order valence-corrected chi connectivity index (χ4v) is 5.26. The number of aromatic nitrogens is 3. The maximum absolute atomic E-state index is 12.3. The Labute approximate surface area is 232 Å². The SMILES string of the molecule is CCOC(=O)Cc1cc(OC)ccc1OCc1c2cc(-c3ccc4ccnc(N)c4c3)ccc2nn1C1CCC1. The predicted molar refractivity (Wildman–Crippen MR) is 155 cm³/mol. The van der Waals surface area contributed by atoms with Gasteiger partial charge in [-0.2, -0.15) is 5.10 Å². The van der Waals surface area contributed by atoms with Crippen molar-refractivity contribution in [3.63, 3.8) is 0 Å². The molecule has 2 aromatic heterocycles. The Morgan fingerprint density at radius 1 is 1.02 bits per heavy atom. The lowest BCUT2D eigenvalue weighted by Gasteiger charge is -2.27. The number of pyridine rings is 1. The molecule has 1 aliphatic carbocycles. The number of hydrogen-bond donors (Lipinski definition) is 1. The van der Waals surface area contributed by atoms with Crippen LogP contribution in [0.2, 0.25) is 0 Å². The van der Waals surface area contributed by atoms with Crippen molar-refractivity contribution in [3.05, 3.63) is 78.1 Å². The number of nitrogen functional groups attached to an aromatic ring is 1. The predicted octanol–water partition coefficient (Wildman–Crippen LogP) is 6.25. The molecule has 0 bridgehead atoms. The quantitative estimate of drug-likeness (QED) is 0.222. The van der Waals surface area contributed by atoms with Gasteiger partial charge in [0, 0.05) is 22.5 Å². The molecule has 1 saturated carbocycles. The lowest BCUT2D eigenvalue weighted by molar-refractivity contribution is -0.142. The van der Waals surface area contributed by atoms with Crippen LogP contribution in [0.4, 0.5) is 5.82 Å². The number of nitrogens with two attached hydrogens (primary N) is 1. The normalized spacial score (nSPS) is 13.3. The summed E-state index contributed by atoms with van der Waals surface area (Å²) in [5, 5.41) is 8.02. The molecule has 0 amide bonds. The fraction of sp³-hybridized carbons (Fsp3) is 0.281. The molecule has 1 aliphatic rings. The standard InChI is InChI=1S/C32H32N4O4/c1-3-39-31(37)18-23-15-25(38-2)10-12-30(23)40-19-29-27-17-22(9-11-28(27)35-36(29)24-5-4-6-24)21-8-7-20-13-14-34-32(33)26(20)16-21/h7-17,24H,3-6,18-19H2,1-2H3,(H2,33,34). The summed E-state index contributed by atoms with van der Waals surface area (Å²) in [5.41, 5.74) is 11.0. The van der Waals surface area contributed by atoms with Crippen LogP contribution in [0.25, 0.3) is 32.8 Å². The zero-order valence-electron chi connectivity index (χ0n) is 22.7. The van der Waals surface area contributed by atoms with Gasteiger partial charge in [0.15, 0.2) is 0 Å². The fourth-order valence-electron chi connectivity index (χ4n) is 5.26. The van der Waals surface area contributed by atoms with Crippen molar-refractivity contribution in [1.29, 1.82) is 0 Å². The molecule has 1 fully saturated rings. The van der Waals surface area contributed by atoms with Crippen LogP contribution in [0, 0.1) is 0 Å². The molecule has 40 heavy (non-hydrogen) atoms. The highest BCUT2D eigenvalue weighted by Crippen LogP contribution is 2.37. The van der Waals surface area contributed by atoms with Crippen molar-refractivity contribution in [3.8, 4) is 22.6 Å². The summed E-state index contributed by atoms with van der Waals surface area (Å²) in [4.78, 5) is 16.5. The first-order valence-corrected chi connectivity index (χ1v) is 13.6. The van der Waals surface area contributed by atoms with Gasteiger partial charge in [0.25, 0.3) is 0 Å². The van der Waals surface area contributed by atoms with E-state index in [-0.39, 0.29) is 12.4 Å². The molecule has 6 rings (SSSR count). The number of methoxy groups -OCH3 is 1. The molecule has 204 valence electrons. The van der Waals surface area contributed by atoms with Gasteiger partial charge in [-0.1, -0.05) is 18.2 Å². The molecule has 5 aromatic rings. The van der Waals surface area contributed by atoms with E-state index in [1.165, 1.54) is 6.42 Å². The summed E-state index contributed by atoms with van der Waals surface area (Å²) in [7, 11) is 1.60. The molecule has 0 unspecified atom stereocenters. The molecular formula is C32H32N4O4. The Morgan fingerprint density at radius 2 is 1.82 bits per heavy atom. The van der Waals surface area contributed by atoms with Gasteiger partial charge in [-0.05, 0) is 85.2 Å². The van der Waals surface area contributed by atoms with E-state index in [1.807, 2.05) is 24.3 Å². The number of ether oxygens (including phenoxy) is 3. The topological polar surface area (TPSA) is 101 Å². The van der Waals surface area contributed by atoms with Crippen LogP contribution in [0.15, 0.2) is 66.9 Å². The Balaban J connectivity index is 1.37. The van der Waals surface area contributed by atoms with Crippen molar-refractivity contribution in [2.45, 2.75) is 45.3 Å². The second-order valence-electron chi connectivity index (χ2n) is 10.1. The summed E-state index contributed by atoms with van der Waals surface area (Å²) in [6.07, 6.45) is 5.22. The van der Waals surface area contributed by atoms with Crippen LogP contribution in [-0.4, -0.2) is 34.5 Å². The maximum atomic E-state index is 12.3. The van der Waals surface area contributed by atoms with Gasteiger partial charge in [-0.15, -0.1) is 0 Å². The molecule has 3 aromatic carbocycles. The Bertz CT molecular complexity index is 1710. The molecule has 8 heteroatoms. The molecular weight excluding hydrogens is 504 g/mol. The summed E-state index contributed by atoms with van der Waals surface area (Å²) in [6.45, 7) is 2.44. The zero-order chi connectivity index (χ0) is 27.6. The lowest BCUT2D eigenvalue weighted by atomic mass is 9.93. The van der Waals surface area contributed by atoms with Crippen molar-refractivity contribution in [2.75, 3.05) is 19.5 Å². The summed E-state index contributed by atoms with van der Waals surface area (Å²) in [5.74, 6) is 1.50. The highest BCUT2D eigenvalue weighted by Gasteiger charge is 2.25. The zero-order valence-corrected chi connectivity index (χ0v) is 22.7. The van der Waals surface area contributed by atoms with Gasteiger partial charge in [0.1, 0.15) is 23.9 Å². The van der Waals surface area contributed by atoms with E-state index in [1.54, 1.807) is 20.2 Å². The van der Waals surface area contributed by atoms with E-state index >= 15 is 0 Å². The van der Waals surface area contributed by atoms with Gasteiger partial charge in [-0.25, -0.2) is 4.98 Å². The van der Waals surface area contributed by atoms with Gasteiger partial charge in [-0.3, -0.25) is 9.48 Å². The van der Waals surface area contributed by atoms with E-state index in [0.717, 1.165) is 56.9 Å². The van der Waals surface area contributed by atoms with Crippen molar-refractivity contribution < 1.29 is 19.0 Å². The minimum absolute atomic E-state index is 0.104. The molecule has 0 spiro atoms. The summed E-state index contributed by atoms with van der Waals surface area (Å²) < 4.78 is 19.1. The van der Waals surface area contributed by atoms with Crippen LogP contribution in [-0.2, 0) is 22.6 Å². The van der Waals surface area contributed by atoms with Crippen LogP contribution in [0.1, 0.15) is 43.5 Å². The van der Waals surface area contributed by atoms with Gasteiger partial charge in [0.2, 0.25) is 0 Å². The van der Waals surface area contributed by atoms with E-state index in [9.17, 15) is 4.79 Å². The van der Waals surface area contributed by atoms with E-state index in [4.69, 9.17) is 25.0 Å². The smallest absolute Gasteiger partial charge is 0.310 e. The van der Waals surface area contributed by atoms with E-state index in [0.29, 0.717) is 36.6 Å². The maximum Gasteiger partial charge on any atom is 0.310 e. The first-order chi connectivity index (χ1) is 19.5. The molecule has 0 saturated heterocycles. The number of anilines is 1. The van der Waals surface area contributed by atoms with Crippen LogP contribution in [0.5, 0.6) is 11.5 Å². The molecule has 0 atom stereocenters. The molecule has 0 aliphatic heterocycles. The van der Waals surface area contributed by atoms with Gasteiger partial charge in [0.05, 0.1) is 37.4 Å². The number of carbonyl (C=O) groups excluding carboxylic acids is 1. The third kappa shape index (κ3) is 4.93. The monoisotopic (exact) mass is 536 g/mol. The molecule has 2 heterocycles. The van der Waals surface area contributed by atoms with E-state index in [2.05, 4.69) is 46.1 Å². The Morgan fingerprint density at radius 3 is 2.58 bits per heavy atom. The van der Waals surface area contributed by atoms with Crippen molar-refractivity contribution in [2.24, 2.45) is 0 Å². The number of benzene rings is 3. The summed E-state index contributed by atoms with van der Waals surface area (Å²) >= 11 is 0. The van der Waals surface area contributed by atoms with Gasteiger partial charge >= 0.3 is 5.97 Å². The molecule has 2 N–H and O–H groups in total. The van der Waals surface area contributed by atoms with Crippen LogP contribution in [0.3, 0.4) is 0 Å². The minimum atomic E-state index is -0.304. The second kappa shape index (κ2) is 10.9. The minimum Gasteiger partial charge on any atom is -0.497 e. The van der Waals surface area contributed by atoms with Crippen molar-refractivity contribution in [1.82, 2.24) is 14.8 Å². The van der Waals surface area contributed by atoms with Crippen molar-refractivity contribution >= 4 is 33.5 Å². The first kappa shape index (κ1) is 25.7. The third-order valence-corrected chi connectivity index (χ3v) is 7.62. The van der Waals surface area contributed by atoms with Crippen LogP contribution >= 0.6 is 0 Å². The Kier molecular flexibility index (Phi) is 6.99. The average Bonchev–Trinajstić information content (AvgIpc) is 3.28. The summed E-state index contributed by atoms with van der Waals surface area (Å²) in [6, 6.07) is 20.4. The van der Waals surface area contributed by atoms with Gasteiger partial charge < -0.3 is 19.9 Å². The third-order valence-electron chi connectivity index (χ3n) is 7.62. The highest BCUT2D eigenvalue weighted by atomic mass is 16.5. The van der Waals surface area contributed by atoms with E-state index < -0.39 is 0 Å². The number of esters is 1. The molecule has 0 radical (unpaired) electrons.